The highest BCUT2D eigenvalue weighted by Gasteiger charge is 2.23. The normalized spacial score (nSPS) is 15.2. The SMILES string of the molecule is Cc1cc(C)cc(NC(=O)N2CC[NH+](Cc3ccc(F)cc3)CC2)c1. The molecular formula is C20H25FN3O+. The summed E-state index contributed by atoms with van der Waals surface area (Å²) in [6.45, 7) is 8.18. The van der Waals surface area contributed by atoms with Crippen LogP contribution >= 0.6 is 0 Å². The third-order valence-corrected chi connectivity index (χ3v) is 4.60. The van der Waals surface area contributed by atoms with E-state index in [0.717, 1.165) is 55.1 Å². The fraction of sp³-hybridized carbons (Fsp3) is 0.350. The zero-order chi connectivity index (χ0) is 17.8. The van der Waals surface area contributed by atoms with Crippen molar-refractivity contribution < 1.29 is 14.1 Å². The smallest absolute Gasteiger partial charge is 0.322 e. The minimum Gasteiger partial charge on any atom is -0.328 e. The Balaban J connectivity index is 1.51. The average molecular weight is 342 g/mol. The summed E-state index contributed by atoms with van der Waals surface area (Å²) in [6.07, 6.45) is 0. The van der Waals surface area contributed by atoms with E-state index in [-0.39, 0.29) is 11.8 Å². The van der Waals surface area contributed by atoms with Gasteiger partial charge in [0.15, 0.2) is 0 Å². The Hall–Kier alpha value is -2.40. The molecule has 25 heavy (non-hydrogen) atoms. The first-order valence-electron chi connectivity index (χ1n) is 8.72. The quantitative estimate of drug-likeness (QED) is 0.883. The van der Waals surface area contributed by atoms with E-state index in [2.05, 4.69) is 11.4 Å². The van der Waals surface area contributed by atoms with Crippen molar-refractivity contribution in [2.24, 2.45) is 0 Å². The molecule has 1 aliphatic rings. The lowest BCUT2D eigenvalue weighted by Gasteiger charge is -2.32. The first-order valence-corrected chi connectivity index (χ1v) is 8.72. The van der Waals surface area contributed by atoms with E-state index in [0.29, 0.717) is 0 Å². The third kappa shape index (κ3) is 4.79. The van der Waals surface area contributed by atoms with Crippen LogP contribution in [0.5, 0.6) is 0 Å². The molecule has 5 heteroatoms. The molecule has 0 aliphatic carbocycles. The second-order valence-corrected chi connectivity index (χ2v) is 6.85. The van der Waals surface area contributed by atoms with E-state index >= 15 is 0 Å². The minimum atomic E-state index is -0.202. The number of benzene rings is 2. The molecule has 4 nitrogen and oxygen atoms in total. The fourth-order valence-electron chi connectivity index (χ4n) is 3.34. The number of carbonyl (C=O) groups is 1. The number of carbonyl (C=O) groups excluding carboxylic acids is 1. The number of aryl methyl sites for hydroxylation is 2. The maximum atomic E-state index is 13.0. The van der Waals surface area contributed by atoms with Crippen LogP contribution in [-0.2, 0) is 6.54 Å². The minimum absolute atomic E-state index is 0.0363. The lowest BCUT2D eigenvalue weighted by molar-refractivity contribution is -0.917. The number of urea groups is 1. The van der Waals surface area contributed by atoms with Crippen LogP contribution in [0.4, 0.5) is 14.9 Å². The van der Waals surface area contributed by atoms with Crippen molar-refractivity contribution in [3.63, 3.8) is 0 Å². The van der Waals surface area contributed by atoms with E-state index in [9.17, 15) is 9.18 Å². The van der Waals surface area contributed by atoms with Gasteiger partial charge in [0.1, 0.15) is 12.4 Å². The molecule has 2 N–H and O–H groups in total. The van der Waals surface area contributed by atoms with Gasteiger partial charge in [0, 0.05) is 11.3 Å². The molecule has 0 unspecified atom stereocenters. The van der Waals surface area contributed by atoms with Crippen LogP contribution in [0.25, 0.3) is 0 Å². The van der Waals surface area contributed by atoms with Crippen molar-refractivity contribution >= 4 is 11.7 Å². The molecule has 2 aromatic rings. The highest BCUT2D eigenvalue weighted by molar-refractivity contribution is 5.89. The predicted octanol–water partition coefficient (Wildman–Crippen LogP) is 2.38. The third-order valence-electron chi connectivity index (χ3n) is 4.60. The molecule has 0 aromatic heterocycles. The van der Waals surface area contributed by atoms with E-state index < -0.39 is 0 Å². The summed E-state index contributed by atoms with van der Waals surface area (Å²) < 4.78 is 13.0. The van der Waals surface area contributed by atoms with Crippen LogP contribution in [-0.4, -0.2) is 37.1 Å². The Morgan fingerprint density at radius 3 is 2.28 bits per heavy atom. The van der Waals surface area contributed by atoms with Gasteiger partial charge in [-0.15, -0.1) is 0 Å². The van der Waals surface area contributed by atoms with E-state index in [1.807, 2.05) is 43.0 Å². The van der Waals surface area contributed by atoms with E-state index in [1.165, 1.54) is 17.0 Å². The van der Waals surface area contributed by atoms with Crippen LogP contribution in [0.2, 0.25) is 0 Å². The van der Waals surface area contributed by atoms with E-state index in [1.54, 1.807) is 0 Å². The first kappa shape index (κ1) is 17.4. The maximum Gasteiger partial charge on any atom is 0.322 e. The summed E-state index contributed by atoms with van der Waals surface area (Å²) in [4.78, 5) is 15.7. The van der Waals surface area contributed by atoms with Gasteiger partial charge in [-0.05, 0) is 49.2 Å². The number of nitrogens with one attached hydrogen (secondary N) is 2. The van der Waals surface area contributed by atoms with Gasteiger partial charge in [0.25, 0.3) is 0 Å². The standard InChI is InChI=1S/C20H24FN3O/c1-15-11-16(2)13-19(12-15)22-20(25)24-9-7-23(8-10-24)14-17-3-5-18(21)6-4-17/h3-6,11-13H,7-10,14H2,1-2H3,(H,22,25)/p+1. The monoisotopic (exact) mass is 342 g/mol. The highest BCUT2D eigenvalue weighted by Crippen LogP contribution is 2.14. The van der Waals surface area contributed by atoms with Crippen LogP contribution in [0.15, 0.2) is 42.5 Å². The summed E-state index contributed by atoms with van der Waals surface area (Å²) in [6, 6.07) is 12.7. The summed E-state index contributed by atoms with van der Waals surface area (Å²) in [7, 11) is 0. The average Bonchev–Trinajstić information content (AvgIpc) is 2.56. The van der Waals surface area contributed by atoms with Crippen LogP contribution in [0, 0.1) is 19.7 Å². The molecule has 1 aliphatic heterocycles. The number of rotatable bonds is 3. The number of quaternary nitrogens is 1. The van der Waals surface area contributed by atoms with Crippen molar-refractivity contribution in [1.82, 2.24) is 4.90 Å². The molecule has 1 heterocycles. The molecule has 1 saturated heterocycles. The summed E-state index contributed by atoms with van der Waals surface area (Å²) in [5, 5.41) is 3.00. The number of nitrogens with zero attached hydrogens (tertiary/aromatic N) is 1. The van der Waals surface area contributed by atoms with Crippen molar-refractivity contribution in [2.45, 2.75) is 20.4 Å². The van der Waals surface area contributed by atoms with Crippen LogP contribution in [0.1, 0.15) is 16.7 Å². The first-order chi connectivity index (χ1) is 12.0. The lowest BCUT2D eigenvalue weighted by atomic mass is 10.1. The zero-order valence-electron chi connectivity index (χ0n) is 14.8. The van der Waals surface area contributed by atoms with Gasteiger partial charge < -0.3 is 15.1 Å². The number of piperazine rings is 1. The van der Waals surface area contributed by atoms with Crippen LogP contribution < -0.4 is 10.2 Å². The molecule has 1 fully saturated rings. The van der Waals surface area contributed by atoms with Gasteiger partial charge in [-0.3, -0.25) is 0 Å². The van der Waals surface area contributed by atoms with Gasteiger partial charge in [0.2, 0.25) is 0 Å². The van der Waals surface area contributed by atoms with Crippen LogP contribution in [0.3, 0.4) is 0 Å². The Morgan fingerprint density at radius 2 is 1.68 bits per heavy atom. The van der Waals surface area contributed by atoms with Crippen molar-refractivity contribution in [3.8, 4) is 0 Å². The summed E-state index contributed by atoms with van der Waals surface area (Å²) >= 11 is 0. The van der Waals surface area contributed by atoms with Gasteiger partial charge in [0.05, 0.1) is 26.2 Å². The lowest BCUT2D eigenvalue weighted by Crippen LogP contribution is -3.13. The van der Waals surface area contributed by atoms with Gasteiger partial charge in [-0.2, -0.15) is 0 Å². The largest absolute Gasteiger partial charge is 0.328 e. The molecule has 132 valence electrons. The maximum absolute atomic E-state index is 13.0. The molecule has 0 bridgehead atoms. The molecule has 3 rings (SSSR count). The number of amides is 2. The molecule has 0 radical (unpaired) electrons. The summed E-state index contributed by atoms with van der Waals surface area (Å²) in [5.74, 6) is -0.202. The number of hydrogen-bond donors (Lipinski definition) is 2. The molecule has 0 saturated carbocycles. The Bertz CT molecular complexity index is 717. The van der Waals surface area contributed by atoms with E-state index in [4.69, 9.17) is 0 Å². The zero-order valence-corrected chi connectivity index (χ0v) is 14.8. The number of anilines is 1. The van der Waals surface area contributed by atoms with Gasteiger partial charge in [-0.25, -0.2) is 9.18 Å². The molecule has 0 atom stereocenters. The summed E-state index contributed by atoms with van der Waals surface area (Å²) in [5.41, 5.74) is 4.26. The second-order valence-electron chi connectivity index (χ2n) is 6.85. The fourth-order valence-corrected chi connectivity index (χ4v) is 3.34. The highest BCUT2D eigenvalue weighted by atomic mass is 19.1. The Labute approximate surface area is 148 Å². The van der Waals surface area contributed by atoms with Crippen molar-refractivity contribution in [2.75, 3.05) is 31.5 Å². The van der Waals surface area contributed by atoms with Gasteiger partial charge in [-0.1, -0.05) is 18.2 Å². The molecule has 2 amide bonds. The predicted molar refractivity (Wildman–Crippen MR) is 97.3 cm³/mol. The Kier molecular flexibility index (Phi) is 5.34. The topological polar surface area (TPSA) is 36.8 Å². The second kappa shape index (κ2) is 7.66. The number of hydrogen-bond acceptors (Lipinski definition) is 1. The Morgan fingerprint density at radius 1 is 1.08 bits per heavy atom. The van der Waals surface area contributed by atoms with Crippen molar-refractivity contribution in [3.05, 3.63) is 65.0 Å². The van der Waals surface area contributed by atoms with Crippen molar-refractivity contribution in [1.29, 1.82) is 0 Å². The van der Waals surface area contributed by atoms with Gasteiger partial charge >= 0.3 is 6.03 Å². The molecule has 0 spiro atoms. The number of halogens is 1. The molecule has 2 aromatic carbocycles. The molecular weight excluding hydrogens is 317 g/mol.